The molecule has 0 bridgehead atoms. The average Bonchev–Trinajstić information content (AvgIpc) is 3.21. The van der Waals surface area contributed by atoms with Crippen LogP contribution in [0.5, 0.6) is 0 Å². The molecule has 106 valence electrons. The van der Waals surface area contributed by atoms with Gasteiger partial charge in [-0.15, -0.1) is 0 Å². The molecule has 0 spiro atoms. The van der Waals surface area contributed by atoms with E-state index in [9.17, 15) is 8.42 Å². The largest absolute Gasteiger partial charge is 0.310 e. The summed E-state index contributed by atoms with van der Waals surface area (Å²) in [5.41, 5.74) is 0.839. The van der Waals surface area contributed by atoms with Crippen molar-refractivity contribution in [1.82, 2.24) is 10.0 Å². The van der Waals surface area contributed by atoms with E-state index in [1.807, 2.05) is 18.4 Å². The summed E-state index contributed by atoms with van der Waals surface area (Å²) in [6.45, 7) is 1.08. The summed E-state index contributed by atoms with van der Waals surface area (Å²) in [5.74, 6) is 0.779. The van der Waals surface area contributed by atoms with Crippen molar-refractivity contribution in [2.45, 2.75) is 30.3 Å². The lowest BCUT2D eigenvalue weighted by Gasteiger charge is -2.11. The molecule has 6 heteroatoms. The van der Waals surface area contributed by atoms with Crippen molar-refractivity contribution in [3.8, 4) is 0 Å². The van der Waals surface area contributed by atoms with Crippen LogP contribution in [0.25, 0.3) is 0 Å². The zero-order chi connectivity index (χ0) is 13.7. The summed E-state index contributed by atoms with van der Waals surface area (Å²) in [4.78, 5) is 0.393. The molecule has 1 aromatic rings. The zero-order valence-corrected chi connectivity index (χ0v) is 12.7. The molecule has 0 saturated heterocycles. The first-order valence-corrected chi connectivity index (χ1v) is 9.31. The lowest BCUT2D eigenvalue weighted by Crippen LogP contribution is -2.28. The maximum Gasteiger partial charge on any atom is 0.240 e. The molecule has 4 nitrogen and oxygen atoms in total. The number of hydrogen-bond donors (Lipinski definition) is 2. The number of sulfonamides is 1. The van der Waals surface area contributed by atoms with E-state index < -0.39 is 10.0 Å². The number of benzene rings is 1. The van der Waals surface area contributed by atoms with Gasteiger partial charge in [0.05, 0.1) is 4.90 Å². The predicted molar refractivity (Wildman–Crippen MR) is 79.9 cm³/mol. The van der Waals surface area contributed by atoms with Crippen molar-refractivity contribution in [3.05, 3.63) is 29.8 Å². The van der Waals surface area contributed by atoms with Gasteiger partial charge in [-0.05, 0) is 30.7 Å². The first-order chi connectivity index (χ1) is 9.13. The molecule has 0 aliphatic heterocycles. The topological polar surface area (TPSA) is 58.2 Å². The van der Waals surface area contributed by atoms with Crippen LogP contribution >= 0.6 is 11.8 Å². The van der Waals surface area contributed by atoms with Crippen molar-refractivity contribution in [3.63, 3.8) is 0 Å². The fourth-order valence-electron chi connectivity index (χ4n) is 1.81. The Morgan fingerprint density at radius 2 is 2.05 bits per heavy atom. The molecule has 1 aliphatic carbocycles. The molecule has 2 rings (SSSR count). The number of hydrogen-bond acceptors (Lipinski definition) is 4. The Hall–Kier alpha value is -0.560. The summed E-state index contributed by atoms with van der Waals surface area (Å²) in [5, 5.41) is 3.36. The predicted octanol–water partition coefficient (Wildman–Crippen LogP) is 1.58. The summed E-state index contributed by atoms with van der Waals surface area (Å²) in [6, 6.07) is 7.76. The van der Waals surface area contributed by atoms with Crippen LogP contribution in [0.15, 0.2) is 29.2 Å². The molecule has 0 amide bonds. The Bertz CT molecular complexity index is 513. The number of thioether (sulfide) groups is 1. The summed E-state index contributed by atoms with van der Waals surface area (Å²) in [7, 11) is -3.39. The second-order valence-corrected chi connectivity index (χ2v) is 7.37. The highest BCUT2D eigenvalue weighted by molar-refractivity contribution is 7.98. The molecular formula is C13H20N2O2S2. The third kappa shape index (κ3) is 4.49. The van der Waals surface area contributed by atoms with E-state index in [0.717, 1.165) is 11.3 Å². The highest BCUT2D eigenvalue weighted by Gasteiger charge is 2.22. The maximum absolute atomic E-state index is 12.2. The van der Waals surface area contributed by atoms with Gasteiger partial charge in [0.25, 0.3) is 0 Å². The van der Waals surface area contributed by atoms with Gasteiger partial charge in [-0.2, -0.15) is 11.8 Å². The summed E-state index contributed by atoms with van der Waals surface area (Å²) < 4.78 is 27.1. The lowest BCUT2D eigenvalue weighted by molar-refractivity contribution is 0.581. The molecule has 0 atom stereocenters. The molecule has 1 fully saturated rings. The lowest BCUT2D eigenvalue weighted by atomic mass is 10.2. The first-order valence-electron chi connectivity index (χ1n) is 6.43. The molecule has 19 heavy (non-hydrogen) atoms. The normalized spacial score (nSPS) is 15.6. The second-order valence-electron chi connectivity index (χ2n) is 4.65. The SMILES string of the molecule is CSCCNS(=O)(=O)c1ccccc1CNC1CC1. The zero-order valence-electron chi connectivity index (χ0n) is 11.1. The van der Waals surface area contributed by atoms with Gasteiger partial charge in [0, 0.05) is 24.9 Å². The minimum absolute atomic E-state index is 0.393. The molecular weight excluding hydrogens is 280 g/mol. The number of rotatable bonds is 8. The molecule has 1 aliphatic rings. The van der Waals surface area contributed by atoms with Crippen LogP contribution in [0.2, 0.25) is 0 Å². The quantitative estimate of drug-likeness (QED) is 0.716. The van der Waals surface area contributed by atoms with Gasteiger partial charge in [-0.25, -0.2) is 13.1 Å². The fraction of sp³-hybridized carbons (Fsp3) is 0.538. The van der Waals surface area contributed by atoms with E-state index in [1.54, 1.807) is 23.9 Å². The maximum atomic E-state index is 12.2. The highest BCUT2D eigenvalue weighted by Crippen LogP contribution is 2.21. The Morgan fingerprint density at radius 1 is 1.32 bits per heavy atom. The van der Waals surface area contributed by atoms with Crippen LogP contribution in [-0.4, -0.2) is 33.0 Å². The van der Waals surface area contributed by atoms with E-state index in [1.165, 1.54) is 12.8 Å². The third-order valence-corrected chi connectivity index (χ3v) is 5.19. The highest BCUT2D eigenvalue weighted by atomic mass is 32.2. The molecule has 0 heterocycles. The summed E-state index contributed by atoms with van der Waals surface area (Å²) >= 11 is 1.62. The van der Waals surface area contributed by atoms with Gasteiger partial charge in [0.15, 0.2) is 0 Å². The van der Waals surface area contributed by atoms with Gasteiger partial charge in [-0.3, -0.25) is 0 Å². The fourth-order valence-corrected chi connectivity index (χ4v) is 3.51. The van der Waals surface area contributed by atoms with E-state index in [0.29, 0.717) is 24.0 Å². The van der Waals surface area contributed by atoms with Gasteiger partial charge in [0.2, 0.25) is 10.0 Å². The Kier molecular flexibility index (Phi) is 5.27. The van der Waals surface area contributed by atoms with Crippen molar-refractivity contribution < 1.29 is 8.42 Å². The van der Waals surface area contributed by atoms with E-state index in [4.69, 9.17) is 0 Å². The Labute approximate surface area is 119 Å². The molecule has 0 aromatic heterocycles. The minimum Gasteiger partial charge on any atom is -0.310 e. The Morgan fingerprint density at radius 3 is 2.74 bits per heavy atom. The van der Waals surface area contributed by atoms with Crippen LogP contribution in [0, 0.1) is 0 Å². The van der Waals surface area contributed by atoms with Crippen LogP contribution in [-0.2, 0) is 16.6 Å². The monoisotopic (exact) mass is 300 g/mol. The molecule has 2 N–H and O–H groups in total. The van der Waals surface area contributed by atoms with Gasteiger partial charge in [0.1, 0.15) is 0 Å². The van der Waals surface area contributed by atoms with Crippen LogP contribution in [0.3, 0.4) is 0 Å². The van der Waals surface area contributed by atoms with Crippen molar-refractivity contribution >= 4 is 21.8 Å². The first kappa shape index (κ1) is 14.8. The van der Waals surface area contributed by atoms with E-state index in [-0.39, 0.29) is 0 Å². The molecule has 0 unspecified atom stereocenters. The Balaban J connectivity index is 2.08. The minimum atomic E-state index is -3.39. The number of nitrogens with one attached hydrogen (secondary N) is 2. The van der Waals surface area contributed by atoms with E-state index in [2.05, 4.69) is 10.0 Å². The van der Waals surface area contributed by atoms with Gasteiger partial charge in [-0.1, -0.05) is 18.2 Å². The van der Waals surface area contributed by atoms with Gasteiger partial charge >= 0.3 is 0 Å². The molecule has 1 saturated carbocycles. The molecule has 1 aromatic carbocycles. The smallest absolute Gasteiger partial charge is 0.240 e. The third-order valence-electron chi connectivity index (χ3n) is 3.02. The van der Waals surface area contributed by atoms with Crippen molar-refractivity contribution in [2.75, 3.05) is 18.6 Å². The van der Waals surface area contributed by atoms with Gasteiger partial charge < -0.3 is 5.32 Å². The van der Waals surface area contributed by atoms with Crippen molar-refractivity contribution in [1.29, 1.82) is 0 Å². The average molecular weight is 300 g/mol. The standard InChI is InChI=1S/C13H20N2O2S2/c1-18-9-8-15-19(16,17)13-5-3-2-4-11(13)10-14-12-6-7-12/h2-5,12,14-15H,6-10H2,1H3. The summed E-state index contributed by atoms with van der Waals surface area (Å²) in [6.07, 6.45) is 4.35. The van der Waals surface area contributed by atoms with Crippen LogP contribution in [0.4, 0.5) is 0 Å². The molecule has 0 radical (unpaired) electrons. The van der Waals surface area contributed by atoms with Crippen molar-refractivity contribution in [2.24, 2.45) is 0 Å². The second kappa shape index (κ2) is 6.74. The van der Waals surface area contributed by atoms with E-state index >= 15 is 0 Å². The van der Waals surface area contributed by atoms with Crippen LogP contribution < -0.4 is 10.0 Å². The van der Waals surface area contributed by atoms with Crippen LogP contribution in [0.1, 0.15) is 18.4 Å².